The first-order valence-corrected chi connectivity index (χ1v) is 10.1. The Balaban J connectivity index is 2.38. The number of anilines is 1. The Morgan fingerprint density at radius 1 is 1.00 bits per heavy atom. The molecule has 1 aliphatic heterocycles. The van der Waals surface area contributed by atoms with Gasteiger partial charge < -0.3 is 9.80 Å². The summed E-state index contributed by atoms with van der Waals surface area (Å²) in [6, 6.07) is 18.2. The van der Waals surface area contributed by atoms with Crippen LogP contribution in [-0.2, 0) is 6.54 Å². The van der Waals surface area contributed by atoms with E-state index in [1.165, 1.54) is 33.4 Å². The Morgan fingerprint density at radius 2 is 1.62 bits per heavy atom. The minimum Gasteiger partial charge on any atom is -0.371 e. The summed E-state index contributed by atoms with van der Waals surface area (Å²) < 4.78 is 0. The summed E-state index contributed by atoms with van der Waals surface area (Å²) in [6.45, 7) is 7.77. The van der Waals surface area contributed by atoms with Gasteiger partial charge in [0.15, 0.2) is 0 Å². The van der Waals surface area contributed by atoms with E-state index < -0.39 is 0 Å². The van der Waals surface area contributed by atoms with Crippen molar-refractivity contribution in [3.05, 3.63) is 65.2 Å². The SMILES string of the molecule is CP/C1=C(\N(C)C(C)C)c2ccccc2N(C)Cc2ccccc21. The van der Waals surface area contributed by atoms with Crippen LogP contribution in [0, 0.1) is 0 Å². The minimum atomic E-state index is 0.455. The van der Waals surface area contributed by atoms with Crippen molar-refractivity contribution in [2.45, 2.75) is 26.4 Å². The molecule has 0 aliphatic carbocycles. The highest BCUT2D eigenvalue weighted by molar-refractivity contribution is 7.50. The highest BCUT2D eigenvalue weighted by Gasteiger charge is 2.24. The molecule has 126 valence electrons. The van der Waals surface area contributed by atoms with Gasteiger partial charge in [0, 0.05) is 43.2 Å². The highest BCUT2D eigenvalue weighted by atomic mass is 31.1. The molecule has 0 fully saturated rings. The molecule has 1 aliphatic rings. The second-order valence-corrected chi connectivity index (χ2v) is 7.71. The van der Waals surface area contributed by atoms with Gasteiger partial charge in [-0.2, -0.15) is 0 Å². The quantitative estimate of drug-likeness (QED) is 0.718. The van der Waals surface area contributed by atoms with Crippen molar-refractivity contribution in [2.24, 2.45) is 0 Å². The van der Waals surface area contributed by atoms with E-state index in [0.717, 1.165) is 15.1 Å². The summed E-state index contributed by atoms with van der Waals surface area (Å²) in [5, 5.41) is 1.47. The van der Waals surface area contributed by atoms with Crippen LogP contribution >= 0.6 is 8.58 Å². The van der Waals surface area contributed by atoms with Gasteiger partial charge in [-0.25, -0.2) is 0 Å². The van der Waals surface area contributed by atoms with Crippen LogP contribution in [0.4, 0.5) is 5.69 Å². The second-order valence-electron chi connectivity index (χ2n) is 6.71. The van der Waals surface area contributed by atoms with Gasteiger partial charge in [-0.15, -0.1) is 0 Å². The molecule has 1 atom stereocenters. The number of hydrogen-bond acceptors (Lipinski definition) is 2. The third kappa shape index (κ3) is 2.96. The molecule has 3 rings (SSSR count). The fourth-order valence-electron chi connectivity index (χ4n) is 3.39. The minimum absolute atomic E-state index is 0.455. The van der Waals surface area contributed by atoms with Gasteiger partial charge in [-0.3, -0.25) is 0 Å². The summed E-state index contributed by atoms with van der Waals surface area (Å²) in [7, 11) is 5.18. The molecule has 0 aromatic heterocycles. The molecule has 3 heteroatoms. The van der Waals surface area contributed by atoms with Crippen LogP contribution in [0.25, 0.3) is 11.0 Å². The third-order valence-electron chi connectivity index (χ3n) is 4.88. The standard InChI is InChI=1S/C21H27N2P/c1-15(2)23(4)20-18-12-8-9-13-19(18)22(3)14-16-10-6-7-11-17(16)21(20)24-5/h6-13,15,24H,14H2,1-5H3/b21-20-. The summed E-state index contributed by atoms with van der Waals surface area (Å²) in [6.07, 6.45) is 0. The molecule has 2 aromatic rings. The van der Waals surface area contributed by atoms with Crippen molar-refractivity contribution in [3.63, 3.8) is 0 Å². The lowest BCUT2D eigenvalue weighted by atomic mass is 9.97. The average molecular weight is 338 g/mol. The molecule has 0 saturated heterocycles. The predicted octanol–water partition coefficient (Wildman–Crippen LogP) is 5.11. The van der Waals surface area contributed by atoms with Crippen LogP contribution in [0.5, 0.6) is 0 Å². The number of benzene rings is 2. The Labute approximate surface area is 148 Å². The number of hydrogen-bond donors (Lipinski definition) is 0. The molecule has 0 amide bonds. The van der Waals surface area contributed by atoms with E-state index in [4.69, 9.17) is 0 Å². The number of para-hydroxylation sites is 1. The predicted molar refractivity (Wildman–Crippen MR) is 109 cm³/mol. The van der Waals surface area contributed by atoms with E-state index in [2.05, 4.69) is 92.9 Å². The van der Waals surface area contributed by atoms with Crippen molar-refractivity contribution < 1.29 is 0 Å². The van der Waals surface area contributed by atoms with Crippen molar-refractivity contribution >= 4 is 25.3 Å². The molecule has 1 unspecified atom stereocenters. The lowest BCUT2D eigenvalue weighted by Crippen LogP contribution is -2.28. The Morgan fingerprint density at radius 3 is 2.29 bits per heavy atom. The van der Waals surface area contributed by atoms with Crippen molar-refractivity contribution in [1.29, 1.82) is 0 Å². The Hall–Kier alpha value is -1.79. The lowest BCUT2D eigenvalue weighted by Gasteiger charge is -2.35. The first-order chi connectivity index (χ1) is 11.5. The lowest BCUT2D eigenvalue weighted by molar-refractivity contribution is 0.397. The van der Waals surface area contributed by atoms with Crippen molar-refractivity contribution in [1.82, 2.24) is 4.90 Å². The summed E-state index contributed by atoms with van der Waals surface area (Å²) >= 11 is 0. The van der Waals surface area contributed by atoms with Crippen LogP contribution < -0.4 is 4.90 Å². The summed E-state index contributed by atoms with van der Waals surface area (Å²) in [5.41, 5.74) is 6.84. The zero-order chi connectivity index (χ0) is 17.3. The molecule has 2 aromatic carbocycles. The molecule has 0 radical (unpaired) electrons. The van der Waals surface area contributed by atoms with E-state index in [9.17, 15) is 0 Å². The normalized spacial score (nSPS) is 17.7. The molecule has 0 N–H and O–H groups in total. The van der Waals surface area contributed by atoms with Gasteiger partial charge in [0.25, 0.3) is 0 Å². The van der Waals surface area contributed by atoms with E-state index in [-0.39, 0.29) is 0 Å². The maximum Gasteiger partial charge on any atom is 0.0542 e. The van der Waals surface area contributed by atoms with Crippen molar-refractivity contribution in [3.8, 4) is 0 Å². The fourth-order valence-corrected chi connectivity index (χ4v) is 4.45. The number of nitrogens with zero attached hydrogens (tertiary/aromatic N) is 2. The molecule has 0 saturated carbocycles. The monoisotopic (exact) mass is 338 g/mol. The molecule has 2 nitrogen and oxygen atoms in total. The summed E-state index contributed by atoms with van der Waals surface area (Å²) in [5.74, 6) is 0. The van der Waals surface area contributed by atoms with E-state index in [1.54, 1.807) is 0 Å². The molecular weight excluding hydrogens is 311 g/mol. The third-order valence-corrected chi connectivity index (χ3v) is 5.88. The smallest absolute Gasteiger partial charge is 0.0542 e. The van der Waals surface area contributed by atoms with E-state index in [0.29, 0.717) is 6.04 Å². The van der Waals surface area contributed by atoms with Gasteiger partial charge in [-0.1, -0.05) is 51.0 Å². The van der Waals surface area contributed by atoms with E-state index >= 15 is 0 Å². The maximum absolute atomic E-state index is 2.43. The average Bonchev–Trinajstić information content (AvgIpc) is 2.58. The van der Waals surface area contributed by atoms with Crippen LogP contribution in [-0.4, -0.2) is 31.7 Å². The van der Waals surface area contributed by atoms with Crippen molar-refractivity contribution in [2.75, 3.05) is 25.7 Å². The first-order valence-electron chi connectivity index (χ1n) is 8.58. The maximum atomic E-state index is 2.43. The van der Waals surface area contributed by atoms with Gasteiger partial charge in [0.1, 0.15) is 0 Å². The number of fused-ring (bicyclic) bond motifs is 2. The molecule has 0 bridgehead atoms. The summed E-state index contributed by atoms with van der Waals surface area (Å²) in [4.78, 5) is 4.80. The second kappa shape index (κ2) is 6.99. The zero-order valence-electron chi connectivity index (χ0n) is 15.3. The van der Waals surface area contributed by atoms with Gasteiger partial charge in [0.2, 0.25) is 0 Å². The largest absolute Gasteiger partial charge is 0.371 e. The molecular formula is C21H27N2P. The molecule has 24 heavy (non-hydrogen) atoms. The van der Waals surface area contributed by atoms with Crippen LogP contribution in [0.15, 0.2) is 48.5 Å². The van der Waals surface area contributed by atoms with Crippen LogP contribution in [0.1, 0.15) is 30.5 Å². The van der Waals surface area contributed by atoms with Gasteiger partial charge >= 0.3 is 0 Å². The topological polar surface area (TPSA) is 6.48 Å². The molecule has 0 spiro atoms. The zero-order valence-corrected chi connectivity index (χ0v) is 16.3. The Bertz CT molecular complexity index is 764. The molecule has 1 heterocycles. The first kappa shape index (κ1) is 17.0. The van der Waals surface area contributed by atoms with Crippen LogP contribution in [0.3, 0.4) is 0 Å². The van der Waals surface area contributed by atoms with Gasteiger partial charge in [0.05, 0.1) is 5.70 Å². The fraction of sp³-hybridized carbons (Fsp3) is 0.333. The Kier molecular flexibility index (Phi) is 4.96. The number of rotatable bonds is 3. The van der Waals surface area contributed by atoms with Gasteiger partial charge in [-0.05, 0) is 37.7 Å². The highest BCUT2D eigenvalue weighted by Crippen LogP contribution is 2.45. The van der Waals surface area contributed by atoms with E-state index in [1.807, 2.05) is 0 Å². The van der Waals surface area contributed by atoms with Crippen LogP contribution in [0.2, 0.25) is 0 Å².